The second-order valence-electron chi connectivity index (χ2n) is 10.4. The van der Waals surface area contributed by atoms with E-state index in [4.69, 9.17) is 18.9 Å². The SMILES string of the molecule is COc1cc(/C=C/C(=O)/C=C/c2cc(CO)c(O)c(OC)c2)ccc1O.COc1cc(/C=C/C(=O)c2cc(CO)c(O)c(OC)c2)ccc1O. The van der Waals surface area contributed by atoms with Crippen molar-refractivity contribution in [2.75, 3.05) is 28.4 Å². The number of rotatable bonds is 13. The van der Waals surface area contributed by atoms with Gasteiger partial charge in [0.15, 0.2) is 57.6 Å². The number of phenolic OH excluding ortho intramolecular Hbond substituents is 2. The number of aliphatic hydroxyl groups excluding tert-OH is 2. The smallest absolute Gasteiger partial charge is 0.186 e. The van der Waals surface area contributed by atoms with Gasteiger partial charge in [-0.1, -0.05) is 30.4 Å². The minimum Gasteiger partial charge on any atom is -0.504 e. The summed E-state index contributed by atoms with van der Waals surface area (Å²) in [7, 11) is 5.66. The van der Waals surface area contributed by atoms with Gasteiger partial charge in [-0.3, -0.25) is 9.59 Å². The van der Waals surface area contributed by atoms with Gasteiger partial charge in [0.2, 0.25) is 0 Å². The lowest BCUT2D eigenvalue weighted by Crippen LogP contribution is -1.99. The third-order valence-corrected chi connectivity index (χ3v) is 7.11. The summed E-state index contributed by atoms with van der Waals surface area (Å²) in [5.74, 6) is 0.100. The van der Waals surface area contributed by atoms with Crippen molar-refractivity contribution in [3.8, 4) is 46.0 Å². The summed E-state index contributed by atoms with van der Waals surface area (Å²) in [6, 6.07) is 15.4. The molecule has 0 fully saturated rings. The number of ether oxygens (including phenoxy) is 4. The maximum absolute atomic E-state index is 12.3. The zero-order valence-corrected chi connectivity index (χ0v) is 27.8. The average molecular weight is 687 g/mol. The van der Waals surface area contributed by atoms with Crippen LogP contribution in [0.15, 0.2) is 78.9 Å². The zero-order chi connectivity index (χ0) is 36.8. The van der Waals surface area contributed by atoms with Crippen LogP contribution in [-0.2, 0) is 18.0 Å². The largest absolute Gasteiger partial charge is 0.504 e. The van der Waals surface area contributed by atoms with E-state index in [1.165, 1.54) is 70.9 Å². The number of carbonyl (C=O) groups is 2. The molecule has 0 aliphatic heterocycles. The molecular formula is C38H38O12. The number of hydrogen-bond donors (Lipinski definition) is 6. The molecule has 4 aromatic rings. The lowest BCUT2D eigenvalue weighted by atomic mass is 10.0. The van der Waals surface area contributed by atoms with E-state index in [2.05, 4.69) is 0 Å². The molecule has 0 saturated heterocycles. The average Bonchev–Trinajstić information content (AvgIpc) is 3.13. The molecule has 0 amide bonds. The number of aliphatic hydroxyl groups is 2. The summed E-state index contributed by atoms with van der Waals surface area (Å²) in [6.45, 7) is -0.761. The van der Waals surface area contributed by atoms with Crippen molar-refractivity contribution in [1.29, 1.82) is 0 Å². The molecule has 0 radical (unpaired) electrons. The van der Waals surface area contributed by atoms with Gasteiger partial charge in [0.25, 0.3) is 0 Å². The highest BCUT2D eigenvalue weighted by Gasteiger charge is 2.13. The number of phenols is 4. The minimum atomic E-state index is -0.414. The number of benzene rings is 4. The minimum absolute atomic E-state index is 0.0110. The Morgan fingerprint density at radius 2 is 0.960 bits per heavy atom. The maximum Gasteiger partial charge on any atom is 0.186 e. The Labute approximate surface area is 288 Å². The summed E-state index contributed by atoms with van der Waals surface area (Å²) < 4.78 is 20.1. The third kappa shape index (κ3) is 10.1. The summed E-state index contributed by atoms with van der Waals surface area (Å²) in [4.78, 5) is 24.3. The van der Waals surface area contributed by atoms with E-state index in [0.717, 1.165) is 0 Å². The van der Waals surface area contributed by atoms with Crippen LogP contribution in [0.3, 0.4) is 0 Å². The van der Waals surface area contributed by atoms with Gasteiger partial charge in [-0.05, 0) is 83.4 Å². The van der Waals surface area contributed by atoms with E-state index in [1.54, 1.807) is 54.6 Å². The number of carbonyl (C=O) groups excluding carboxylic acids is 2. The molecule has 4 aromatic carbocycles. The van der Waals surface area contributed by atoms with E-state index >= 15 is 0 Å². The highest BCUT2D eigenvalue weighted by molar-refractivity contribution is 6.07. The van der Waals surface area contributed by atoms with E-state index in [1.807, 2.05) is 0 Å². The van der Waals surface area contributed by atoms with Crippen LogP contribution in [0.2, 0.25) is 0 Å². The number of methoxy groups -OCH3 is 4. The standard InChI is InChI=1S/C20H20O6.C18H18O6/c1-25-18-10-13(5-8-17(18)23)3-6-16(22)7-4-14-9-15(12-21)20(24)19(11-14)26-2;1-23-16-7-11(4-6-15(16)21)3-5-14(20)12-8-13(10-19)18(22)17(9-12)24-2/h3-11,21,23-24H,12H2,1-2H3;3-9,19,21-22H,10H2,1-2H3/b6-3+,7-4+;5-3+. The van der Waals surface area contributed by atoms with Gasteiger partial charge in [-0.2, -0.15) is 0 Å². The van der Waals surface area contributed by atoms with Gasteiger partial charge in [0, 0.05) is 16.7 Å². The monoisotopic (exact) mass is 686 g/mol. The Kier molecular flexibility index (Phi) is 14.0. The third-order valence-electron chi connectivity index (χ3n) is 7.11. The first-order valence-electron chi connectivity index (χ1n) is 14.9. The quantitative estimate of drug-likeness (QED) is 0.0776. The summed E-state index contributed by atoms with van der Waals surface area (Å²) in [5, 5.41) is 57.3. The van der Waals surface area contributed by atoms with Gasteiger partial charge in [0.1, 0.15) is 0 Å². The highest BCUT2D eigenvalue weighted by Crippen LogP contribution is 2.33. The number of allylic oxidation sites excluding steroid dienone is 3. The van der Waals surface area contributed by atoms with Crippen molar-refractivity contribution in [2.24, 2.45) is 0 Å². The highest BCUT2D eigenvalue weighted by atomic mass is 16.5. The van der Waals surface area contributed by atoms with Crippen molar-refractivity contribution < 1.29 is 59.2 Å². The maximum atomic E-state index is 12.3. The van der Waals surface area contributed by atoms with Gasteiger partial charge < -0.3 is 49.6 Å². The molecule has 50 heavy (non-hydrogen) atoms. The molecule has 12 heteroatoms. The molecule has 12 nitrogen and oxygen atoms in total. The molecule has 0 spiro atoms. The summed E-state index contributed by atoms with van der Waals surface area (Å²) >= 11 is 0. The lowest BCUT2D eigenvalue weighted by molar-refractivity contribution is -0.110. The first-order valence-corrected chi connectivity index (χ1v) is 14.9. The molecule has 6 N–H and O–H groups in total. The lowest BCUT2D eigenvalue weighted by Gasteiger charge is -2.09. The van der Waals surface area contributed by atoms with E-state index in [-0.39, 0.29) is 63.8 Å². The predicted molar refractivity (Wildman–Crippen MR) is 187 cm³/mol. The number of aromatic hydroxyl groups is 4. The van der Waals surface area contributed by atoms with Gasteiger partial charge in [-0.25, -0.2) is 0 Å². The van der Waals surface area contributed by atoms with Crippen LogP contribution in [-0.4, -0.2) is 70.6 Å². The Hall–Kier alpha value is -6.24. The van der Waals surface area contributed by atoms with E-state index in [9.17, 15) is 40.2 Å². The van der Waals surface area contributed by atoms with Gasteiger partial charge >= 0.3 is 0 Å². The number of ketones is 2. The van der Waals surface area contributed by atoms with Crippen LogP contribution >= 0.6 is 0 Å². The van der Waals surface area contributed by atoms with E-state index in [0.29, 0.717) is 33.8 Å². The fourth-order valence-corrected chi connectivity index (χ4v) is 4.42. The van der Waals surface area contributed by atoms with Crippen LogP contribution in [0.1, 0.15) is 38.2 Å². The van der Waals surface area contributed by atoms with Crippen LogP contribution in [0.5, 0.6) is 46.0 Å². The molecule has 0 atom stereocenters. The fraction of sp³-hybridized carbons (Fsp3) is 0.158. The molecule has 262 valence electrons. The molecule has 4 rings (SSSR count). The van der Waals surface area contributed by atoms with Crippen LogP contribution in [0.4, 0.5) is 0 Å². The van der Waals surface area contributed by atoms with Crippen molar-refractivity contribution in [3.05, 3.63) is 112 Å². The van der Waals surface area contributed by atoms with Crippen LogP contribution in [0, 0.1) is 0 Å². The molecule has 0 saturated carbocycles. The van der Waals surface area contributed by atoms with Crippen molar-refractivity contribution >= 4 is 29.8 Å². The van der Waals surface area contributed by atoms with Crippen molar-refractivity contribution in [3.63, 3.8) is 0 Å². The zero-order valence-electron chi connectivity index (χ0n) is 27.8. The second kappa shape index (κ2) is 18.3. The molecule has 0 unspecified atom stereocenters. The molecule has 0 heterocycles. The first-order chi connectivity index (χ1) is 24.0. The Balaban J connectivity index is 0.000000271. The summed E-state index contributed by atoms with van der Waals surface area (Å²) in [5.41, 5.74) is 2.77. The van der Waals surface area contributed by atoms with Crippen LogP contribution in [0.25, 0.3) is 18.2 Å². The Morgan fingerprint density at radius 1 is 0.540 bits per heavy atom. The van der Waals surface area contributed by atoms with Crippen molar-refractivity contribution in [2.45, 2.75) is 13.2 Å². The molecule has 0 aliphatic rings. The normalized spacial score (nSPS) is 11.0. The number of hydrogen-bond acceptors (Lipinski definition) is 12. The molecule has 0 bridgehead atoms. The van der Waals surface area contributed by atoms with Gasteiger partial charge in [0.05, 0.1) is 41.7 Å². The summed E-state index contributed by atoms with van der Waals surface area (Å²) in [6.07, 6.45) is 8.82. The fourth-order valence-electron chi connectivity index (χ4n) is 4.42. The second-order valence-corrected chi connectivity index (χ2v) is 10.4. The molecule has 0 aliphatic carbocycles. The predicted octanol–water partition coefficient (Wildman–Crippen LogP) is 5.41. The molecule has 0 aromatic heterocycles. The van der Waals surface area contributed by atoms with Gasteiger partial charge in [-0.15, -0.1) is 0 Å². The topological polar surface area (TPSA) is 192 Å². The van der Waals surface area contributed by atoms with E-state index < -0.39 is 6.61 Å². The molecular weight excluding hydrogens is 648 g/mol. The Morgan fingerprint density at radius 3 is 1.44 bits per heavy atom. The Bertz CT molecular complexity index is 1860. The first kappa shape index (κ1) is 38.2. The van der Waals surface area contributed by atoms with Crippen LogP contribution < -0.4 is 18.9 Å². The van der Waals surface area contributed by atoms with Crippen molar-refractivity contribution in [1.82, 2.24) is 0 Å².